The second kappa shape index (κ2) is 23.4. The van der Waals surface area contributed by atoms with E-state index in [1.165, 1.54) is 64.2 Å². The Bertz CT molecular complexity index is 242. The van der Waals surface area contributed by atoms with Crippen LogP contribution >= 0.6 is 0 Å². The van der Waals surface area contributed by atoms with E-state index < -0.39 is 5.97 Å². The van der Waals surface area contributed by atoms with Gasteiger partial charge in [-0.2, -0.15) is 0 Å². The van der Waals surface area contributed by atoms with E-state index >= 15 is 0 Å². The molecule has 0 aromatic heterocycles. The molecule has 0 aliphatic carbocycles. The average molecular weight is 322 g/mol. The van der Waals surface area contributed by atoms with Crippen molar-refractivity contribution >= 4 is 5.97 Å². The van der Waals surface area contributed by atoms with Crippen molar-refractivity contribution < 1.29 is 44.9 Å². The van der Waals surface area contributed by atoms with Crippen LogP contribution in [0.5, 0.6) is 0 Å². The summed E-state index contributed by atoms with van der Waals surface area (Å²) in [7, 11) is 0. The molecule has 0 heterocycles. The van der Waals surface area contributed by atoms with Gasteiger partial charge in [-0.05, 0) is 38.5 Å². The fourth-order valence-corrected chi connectivity index (χ4v) is 2.34. The van der Waals surface area contributed by atoms with E-state index in [2.05, 4.69) is 19.1 Å². The van der Waals surface area contributed by atoms with Gasteiger partial charge in [0.05, 0.1) is 0 Å². The maximum atomic E-state index is 10.2. The molecule has 2 N–H and O–H groups in total. The largest absolute Gasteiger partial charge is 1.00 e. The number of allylic oxidation sites excluding steroid dienone is 2. The molecular weight excluding hydrogens is 287 g/mol. The molecule has 0 unspecified atom stereocenters. The first-order chi connectivity index (χ1) is 9.77. The van der Waals surface area contributed by atoms with Gasteiger partial charge in [-0.15, -0.1) is 0 Å². The van der Waals surface area contributed by atoms with Crippen LogP contribution in [0.15, 0.2) is 12.2 Å². The van der Waals surface area contributed by atoms with Crippen LogP contribution in [0.1, 0.15) is 96.8 Å². The molecule has 0 amide bonds. The van der Waals surface area contributed by atoms with Gasteiger partial charge >= 0.3 is 29.6 Å². The molecule has 0 aromatic carbocycles. The molecule has 0 aliphatic heterocycles. The zero-order chi connectivity index (χ0) is 14.9. The Hall–Kier alpha value is 0.170. The summed E-state index contributed by atoms with van der Waals surface area (Å²) in [5.41, 5.74) is 0. The average Bonchev–Trinajstić information content (AvgIpc) is 2.43. The van der Waals surface area contributed by atoms with Gasteiger partial charge in [-0.25, -0.2) is 0 Å². The zero-order valence-electron chi connectivity index (χ0n) is 14.9. The smallest absolute Gasteiger partial charge is 0.550 e. The molecule has 0 aliphatic rings. The number of carboxylic acids is 1. The summed E-state index contributed by atoms with van der Waals surface area (Å²) >= 11 is 0. The van der Waals surface area contributed by atoms with Crippen molar-refractivity contribution in [3.63, 3.8) is 0 Å². The zero-order valence-corrected chi connectivity index (χ0v) is 16.9. The van der Waals surface area contributed by atoms with Gasteiger partial charge in [0, 0.05) is 5.97 Å². The predicted octanol–water partition coefficient (Wildman–Crippen LogP) is 0.953. The monoisotopic (exact) mass is 322 g/mol. The second-order valence-electron chi connectivity index (χ2n) is 5.71. The molecule has 0 saturated carbocycles. The van der Waals surface area contributed by atoms with Crippen LogP contribution in [0.3, 0.4) is 0 Å². The molecule has 0 radical (unpaired) electrons. The minimum absolute atomic E-state index is 0. The van der Waals surface area contributed by atoms with E-state index in [-0.39, 0.29) is 41.5 Å². The number of unbranched alkanes of at least 4 members (excludes halogenated alkanes) is 11. The summed E-state index contributed by atoms with van der Waals surface area (Å²) in [5.74, 6) is -0.914. The molecule has 0 atom stereocenters. The molecule has 0 aromatic rings. The van der Waals surface area contributed by atoms with Gasteiger partial charge in [-0.3, -0.25) is 0 Å². The molecule has 0 rings (SSSR count). The topological polar surface area (TPSA) is 71.6 Å². The summed E-state index contributed by atoms with van der Waals surface area (Å²) in [4.78, 5) is 10.2. The third kappa shape index (κ3) is 25.1. The normalized spacial score (nSPS) is 10.2. The van der Waals surface area contributed by atoms with Crippen molar-refractivity contribution in [2.24, 2.45) is 0 Å². The predicted molar refractivity (Wildman–Crippen MR) is 88.1 cm³/mol. The first-order valence-corrected chi connectivity index (χ1v) is 8.62. The Morgan fingerprint density at radius 3 is 1.64 bits per heavy atom. The Morgan fingerprint density at radius 2 is 1.18 bits per heavy atom. The maximum Gasteiger partial charge on any atom is 1.00 e. The Kier molecular flexibility index (Phi) is 28.8. The third-order valence-electron chi connectivity index (χ3n) is 3.64. The van der Waals surface area contributed by atoms with Crippen molar-refractivity contribution in [1.29, 1.82) is 0 Å². The first kappa shape index (κ1) is 27.0. The van der Waals surface area contributed by atoms with E-state index in [4.69, 9.17) is 0 Å². The van der Waals surface area contributed by atoms with Gasteiger partial charge in [0.2, 0.25) is 0 Å². The minimum Gasteiger partial charge on any atom is -0.550 e. The summed E-state index contributed by atoms with van der Waals surface area (Å²) in [5, 5.41) is 10.2. The summed E-state index contributed by atoms with van der Waals surface area (Å²) in [6.07, 6.45) is 20.9. The van der Waals surface area contributed by atoms with E-state index in [0.717, 1.165) is 19.3 Å². The molecule has 22 heavy (non-hydrogen) atoms. The van der Waals surface area contributed by atoms with Crippen molar-refractivity contribution in [1.82, 2.24) is 0 Å². The van der Waals surface area contributed by atoms with Crippen LogP contribution in [0.2, 0.25) is 0 Å². The SMILES string of the molecule is CCCCCCCC/C=C\CCCCCCCC(=O)[O-].O.[Na+]. The summed E-state index contributed by atoms with van der Waals surface area (Å²) < 4.78 is 0. The van der Waals surface area contributed by atoms with Gasteiger partial charge in [-0.1, -0.05) is 70.4 Å². The fraction of sp³-hybridized carbons (Fsp3) is 0.833. The van der Waals surface area contributed by atoms with Crippen LogP contribution in [-0.4, -0.2) is 11.4 Å². The number of carbonyl (C=O) groups excluding carboxylic acids is 1. The number of aliphatic carboxylic acids is 1. The fourth-order valence-electron chi connectivity index (χ4n) is 2.34. The van der Waals surface area contributed by atoms with Crippen LogP contribution in [0.4, 0.5) is 0 Å². The number of hydrogen-bond donors (Lipinski definition) is 0. The quantitative estimate of drug-likeness (QED) is 0.256. The molecule has 0 saturated heterocycles. The number of hydrogen-bond acceptors (Lipinski definition) is 2. The van der Waals surface area contributed by atoms with Crippen LogP contribution in [0, 0.1) is 0 Å². The number of carbonyl (C=O) groups is 1. The summed E-state index contributed by atoms with van der Waals surface area (Å²) in [6.45, 7) is 2.26. The van der Waals surface area contributed by atoms with Gasteiger partial charge in [0.15, 0.2) is 0 Å². The molecule has 3 nitrogen and oxygen atoms in total. The van der Waals surface area contributed by atoms with Gasteiger partial charge < -0.3 is 15.4 Å². The van der Waals surface area contributed by atoms with E-state index in [0.29, 0.717) is 0 Å². The summed E-state index contributed by atoms with van der Waals surface area (Å²) in [6, 6.07) is 0. The van der Waals surface area contributed by atoms with Crippen molar-refractivity contribution in [2.45, 2.75) is 96.8 Å². The standard InChI is InChI=1S/C18H34O2.Na.H2O/c1-2-3-4-5-6-7-8-9-10-11-12-13-14-15-16-17-18(19)20;;/h9-10H,2-8,11-17H2,1H3,(H,19,20);;1H2/q;+1;/p-1/b10-9-;;. The first-order valence-electron chi connectivity index (χ1n) is 8.62. The van der Waals surface area contributed by atoms with Gasteiger partial charge in [0.25, 0.3) is 0 Å². The molecule has 0 spiro atoms. The molecule has 0 fully saturated rings. The van der Waals surface area contributed by atoms with E-state index in [1.807, 2.05) is 0 Å². The van der Waals surface area contributed by atoms with Gasteiger partial charge in [0.1, 0.15) is 0 Å². The number of rotatable bonds is 15. The molecule has 126 valence electrons. The molecule has 0 bridgehead atoms. The molecule has 4 heteroatoms. The molecular formula is C18H35NaO3. The van der Waals surface area contributed by atoms with Crippen LogP contribution in [0.25, 0.3) is 0 Å². The van der Waals surface area contributed by atoms with E-state index in [1.54, 1.807) is 0 Å². The Morgan fingerprint density at radius 1 is 0.773 bits per heavy atom. The number of carboxylic acid groups (broad SMARTS) is 1. The van der Waals surface area contributed by atoms with Crippen LogP contribution in [-0.2, 0) is 4.79 Å². The van der Waals surface area contributed by atoms with Crippen molar-refractivity contribution in [2.75, 3.05) is 0 Å². The van der Waals surface area contributed by atoms with E-state index in [9.17, 15) is 9.90 Å². The van der Waals surface area contributed by atoms with Crippen LogP contribution < -0.4 is 34.7 Å². The Labute approximate surface area is 159 Å². The minimum atomic E-state index is -0.914. The Balaban J connectivity index is -0.00000180. The third-order valence-corrected chi connectivity index (χ3v) is 3.64. The maximum absolute atomic E-state index is 10.2. The van der Waals surface area contributed by atoms with Crippen molar-refractivity contribution in [3.05, 3.63) is 12.2 Å². The van der Waals surface area contributed by atoms with Crippen molar-refractivity contribution in [3.8, 4) is 0 Å². The second-order valence-corrected chi connectivity index (χ2v) is 5.71.